The zero-order valence-electron chi connectivity index (χ0n) is 16.1. The Bertz CT molecular complexity index is 872. The summed E-state index contributed by atoms with van der Waals surface area (Å²) in [4.78, 5) is 17.1. The molecule has 2 aromatic rings. The lowest BCUT2D eigenvalue weighted by Crippen LogP contribution is -2.52. The van der Waals surface area contributed by atoms with Gasteiger partial charge in [0.1, 0.15) is 0 Å². The average molecular weight is 402 g/mol. The van der Waals surface area contributed by atoms with Crippen LogP contribution in [0.4, 0.5) is 4.79 Å². The summed E-state index contributed by atoms with van der Waals surface area (Å²) in [5.74, 6) is 0.0160. The van der Waals surface area contributed by atoms with Gasteiger partial charge in [0.15, 0.2) is 9.84 Å². The molecule has 1 fully saturated rings. The molecule has 1 unspecified atom stereocenters. The van der Waals surface area contributed by atoms with Gasteiger partial charge in [-0.2, -0.15) is 0 Å². The predicted molar refractivity (Wildman–Crippen MR) is 110 cm³/mol. The zero-order chi connectivity index (χ0) is 20.0. The van der Waals surface area contributed by atoms with Crippen LogP contribution in [0.2, 0.25) is 0 Å². The molecule has 0 spiro atoms. The summed E-state index contributed by atoms with van der Waals surface area (Å²) in [6.45, 7) is 2.57. The average Bonchev–Trinajstić information content (AvgIpc) is 2.72. The highest BCUT2D eigenvalue weighted by atomic mass is 32.2. The first-order valence-corrected chi connectivity index (χ1v) is 11.2. The number of piperazine rings is 1. The van der Waals surface area contributed by atoms with Gasteiger partial charge in [-0.3, -0.25) is 0 Å². The van der Waals surface area contributed by atoms with Crippen LogP contribution in [0, 0.1) is 0 Å². The van der Waals surface area contributed by atoms with Gasteiger partial charge in [0.25, 0.3) is 0 Å². The minimum absolute atomic E-state index is 0.00648. The van der Waals surface area contributed by atoms with Gasteiger partial charge >= 0.3 is 6.03 Å². The minimum Gasteiger partial charge on any atom is -0.338 e. The standard InChI is InChI=1S/C21H27N3O3S/c1-23-14-15-24(20(17-23)18-9-4-2-5-10-18)21(25)22-13-8-16-28(26,27)19-11-6-3-7-12-19/h2-7,9-12,20H,8,13-17H2,1H3,(H,22,25). The van der Waals surface area contributed by atoms with Crippen molar-refractivity contribution in [3.05, 3.63) is 66.2 Å². The van der Waals surface area contributed by atoms with Gasteiger partial charge in [0.2, 0.25) is 0 Å². The Hall–Kier alpha value is -2.38. The smallest absolute Gasteiger partial charge is 0.318 e. The lowest BCUT2D eigenvalue weighted by molar-refractivity contribution is 0.109. The van der Waals surface area contributed by atoms with E-state index in [9.17, 15) is 13.2 Å². The highest BCUT2D eigenvalue weighted by Gasteiger charge is 2.30. The van der Waals surface area contributed by atoms with Crippen molar-refractivity contribution in [3.8, 4) is 0 Å². The Morgan fingerprint density at radius 2 is 1.68 bits per heavy atom. The second-order valence-electron chi connectivity index (χ2n) is 7.10. The van der Waals surface area contributed by atoms with Gasteiger partial charge in [-0.25, -0.2) is 13.2 Å². The molecule has 0 aromatic heterocycles. The van der Waals surface area contributed by atoms with Crippen molar-refractivity contribution in [2.24, 2.45) is 0 Å². The van der Waals surface area contributed by atoms with Gasteiger partial charge in [-0.15, -0.1) is 0 Å². The maximum atomic E-state index is 12.7. The molecule has 28 heavy (non-hydrogen) atoms. The highest BCUT2D eigenvalue weighted by Crippen LogP contribution is 2.24. The van der Waals surface area contributed by atoms with Crippen LogP contribution in [-0.2, 0) is 9.84 Å². The molecule has 0 aliphatic carbocycles. The van der Waals surface area contributed by atoms with E-state index >= 15 is 0 Å². The number of nitrogens with zero attached hydrogens (tertiary/aromatic N) is 2. The summed E-state index contributed by atoms with van der Waals surface area (Å²) < 4.78 is 24.6. The molecular formula is C21H27N3O3S. The van der Waals surface area contributed by atoms with Crippen LogP contribution >= 0.6 is 0 Å². The molecule has 1 aliphatic rings. The van der Waals surface area contributed by atoms with Crippen molar-refractivity contribution in [2.75, 3.05) is 39.0 Å². The molecule has 0 radical (unpaired) electrons. The Morgan fingerprint density at radius 1 is 1.04 bits per heavy atom. The number of hydrogen-bond acceptors (Lipinski definition) is 4. The lowest BCUT2D eigenvalue weighted by atomic mass is 10.0. The fourth-order valence-electron chi connectivity index (χ4n) is 3.43. The van der Waals surface area contributed by atoms with E-state index < -0.39 is 9.84 Å². The van der Waals surface area contributed by atoms with Gasteiger partial charge in [-0.1, -0.05) is 48.5 Å². The highest BCUT2D eigenvalue weighted by molar-refractivity contribution is 7.91. The third-order valence-corrected chi connectivity index (χ3v) is 6.81. The van der Waals surface area contributed by atoms with Crippen molar-refractivity contribution in [3.63, 3.8) is 0 Å². The molecular weight excluding hydrogens is 374 g/mol. The van der Waals surface area contributed by atoms with Gasteiger partial charge in [0, 0.05) is 26.2 Å². The quantitative estimate of drug-likeness (QED) is 0.756. The Kier molecular flexibility index (Phi) is 6.70. The Labute approximate surface area is 167 Å². The van der Waals surface area contributed by atoms with Crippen molar-refractivity contribution >= 4 is 15.9 Å². The van der Waals surface area contributed by atoms with Crippen molar-refractivity contribution in [1.82, 2.24) is 15.1 Å². The van der Waals surface area contributed by atoms with E-state index in [2.05, 4.69) is 17.3 Å². The van der Waals surface area contributed by atoms with Crippen LogP contribution in [0.15, 0.2) is 65.6 Å². The summed E-state index contributed by atoms with van der Waals surface area (Å²) in [6, 6.07) is 18.3. The monoisotopic (exact) mass is 401 g/mol. The molecule has 0 bridgehead atoms. The third-order valence-electron chi connectivity index (χ3n) is 5.00. The van der Waals surface area contributed by atoms with E-state index in [1.807, 2.05) is 35.2 Å². The molecule has 2 amide bonds. The van der Waals surface area contributed by atoms with E-state index in [1.165, 1.54) is 0 Å². The van der Waals surface area contributed by atoms with Crippen molar-refractivity contribution in [1.29, 1.82) is 0 Å². The SMILES string of the molecule is CN1CCN(C(=O)NCCCS(=O)(=O)c2ccccc2)C(c2ccccc2)C1. The number of benzene rings is 2. The maximum absolute atomic E-state index is 12.7. The number of amides is 2. The molecule has 0 saturated carbocycles. The summed E-state index contributed by atoms with van der Waals surface area (Å²) >= 11 is 0. The van der Waals surface area contributed by atoms with Crippen molar-refractivity contribution < 1.29 is 13.2 Å². The molecule has 1 atom stereocenters. The summed E-state index contributed by atoms with van der Waals surface area (Å²) in [6.07, 6.45) is 0.382. The molecule has 3 rings (SSSR count). The largest absolute Gasteiger partial charge is 0.338 e. The predicted octanol–water partition coefficient (Wildman–Crippen LogP) is 2.55. The van der Waals surface area contributed by atoms with Gasteiger partial charge < -0.3 is 15.1 Å². The normalized spacial score (nSPS) is 18.0. The fourth-order valence-corrected chi connectivity index (χ4v) is 4.76. The molecule has 2 aromatic carbocycles. The first-order valence-electron chi connectivity index (χ1n) is 9.53. The van der Waals surface area contributed by atoms with Crippen LogP contribution in [0.1, 0.15) is 18.0 Å². The van der Waals surface area contributed by atoms with E-state index in [4.69, 9.17) is 0 Å². The van der Waals surface area contributed by atoms with E-state index in [0.717, 1.165) is 18.7 Å². The van der Waals surface area contributed by atoms with E-state index in [-0.39, 0.29) is 17.8 Å². The number of carbonyl (C=O) groups is 1. The fraction of sp³-hybridized carbons (Fsp3) is 0.381. The second kappa shape index (κ2) is 9.21. The molecule has 150 valence electrons. The third kappa shape index (κ3) is 5.11. The first-order chi connectivity index (χ1) is 13.5. The Morgan fingerprint density at radius 3 is 2.36 bits per heavy atom. The molecule has 1 heterocycles. The second-order valence-corrected chi connectivity index (χ2v) is 9.21. The summed E-state index contributed by atoms with van der Waals surface area (Å²) in [7, 11) is -1.26. The van der Waals surface area contributed by atoms with E-state index in [1.54, 1.807) is 30.3 Å². The molecule has 1 aliphatic heterocycles. The number of carbonyl (C=O) groups excluding carboxylic acids is 1. The maximum Gasteiger partial charge on any atom is 0.318 e. The molecule has 6 nitrogen and oxygen atoms in total. The lowest BCUT2D eigenvalue weighted by Gasteiger charge is -2.40. The first kappa shape index (κ1) is 20.4. The molecule has 7 heteroatoms. The summed E-state index contributed by atoms with van der Waals surface area (Å²) in [5, 5.41) is 2.90. The number of hydrogen-bond donors (Lipinski definition) is 1. The number of urea groups is 1. The van der Waals surface area contributed by atoms with Crippen LogP contribution in [-0.4, -0.2) is 63.2 Å². The topological polar surface area (TPSA) is 69.7 Å². The Balaban J connectivity index is 1.55. The number of likely N-dealkylation sites (N-methyl/N-ethyl adjacent to an activating group) is 1. The molecule has 1 N–H and O–H groups in total. The van der Waals surface area contributed by atoms with Gasteiger partial charge in [-0.05, 0) is 31.2 Å². The number of sulfone groups is 1. The summed E-state index contributed by atoms with van der Waals surface area (Å²) in [5.41, 5.74) is 1.11. The van der Waals surface area contributed by atoms with E-state index in [0.29, 0.717) is 24.4 Å². The zero-order valence-corrected chi connectivity index (χ0v) is 16.9. The van der Waals surface area contributed by atoms with Crippen LogP contribution < -0.4 is 5.32 Å². The molecule has 1 saturated heterocycles. The van der Waals surface area contributed by atoms with Crippen molar-refractivity contribution in [2.45, 2.75) is 17.4 Å². The minimum atomic E-state index is -3.32. The number of nitrogens with one attached hydrogen (secondary N) is 1. The van der Waals surface area contributed by atoms with Gasteiger partial charge in [0.05, 0.1) is 16.7 Å². The van der Waals surface area contributed by atoms with Crippen LogP contribution in [0.25, 0.3) is 0 Å². The van der Waals surface area contributed by atoms with Crippen LogP contribution in [0.3, 0.4) is 0 Å². The number of rotatable bonds is 6. The van der Waals surface area contributed by atoms with Crippen LogP contribution in [0.5, 0.6) is 0 Å².